The van der Waals surface area contributed by atoms with Crippen LogP contribution < -0.4 is 9.64 Å². The summed E-state index contributed by atoms with van der Waals surface area (Å²) in [6.07, 6.45) is 10.8. The lowest BCUT2D eigenvalue weighted by Crippen LogP contribution is -2.64. The molecule has 0 saturated carbocycles. The third kappa shape index (κ3) is 5.57. The van der Waals surface area contributed by atoms with Crippen molar-refractivity contribution in [2.45, 2.75) is 31.0 Å². The summed E-state index contributed by atoms with van der Waals surface area (Å²) in [5, 5.41) is 15.5. The molecule has 0 radical (unpaired) electrons. The number of aromatic hydroxyl groups is 1. The molecule has 16 heteroatoms. The van der Waals surface area contributed by atoms with E-state index >= 15 is 4.39 Å². The number of rotatable bonds is 5. The lowest BCUT2D eigenvalue weighted by Gasteiger charge is -2.50. The summed E-state index contributed by atoms with van der Waals surface area (Å²) < 4.78 is 60.1. The largest absolute Gasteiger partial charge is 0.508 e. The molecule has 1 amide bonds. The topological polar surface area (TPSA) is 135 Å². The van der Waals surface area contributed by atoms with Gasteiger partial charge in [0.1, 0.15) is 54.0 Å². The Morgan fingerprint density at radius 3 is 2.85 bits per heavy atom. The summed E-state index contributed by atoms with van der Waals surface area (Å²) in [7, 11) is 0. The molecule has 0 bridgehead atoms. The summed E-state index contributed by atoms with van der Waals surface area (Å²) >= 11 is 0. The van der Waals surface area contributed by atoms with Gasteiger partial charge in [-0.2, -0.15) is 19.7 Å². The molecule has 4 aliphatic rings. The van der Waals surface area contributed by atoms with E-state index < -0.39 is 28.8 Å². The number of likely N-dealkylation sites (tertiary alicyclic amines) is 1. The Kier molecular flexibility index (Phi) is 7.89. The Morgan fingerprint density at radius 2 is 2.04 bits per heavy atom. The zero-order chi connectivity index (χ0) is 36.5. The Morgan fingerprint density at radius 1 is 1.17 bits per heavy atom. The fourth-order valence-corrected chi connectivity index (χ4v) is 8.63. The zero-order valence-electron chi connectivity index (χ0n) is 28.5. The van der Waals surface area contributed by atoms with Crippen LogP contribution >= 0.6 is 0 Å². The minimum absolute atomic E-state index is 0.0867. The van der Waals surface area contributed by atoms with E-state index in [1.165, 1.54) is 47.8 Å². The molecule has 9 rings (SSSR count). The maximum absolute atomic E-state index is 17.1. The molecule has 2 aromatic carbocycles. The molecule has 5 aromatic rings. The fraction of sp³-hybridized carbons (Fsp3) is 0.405. The first-order chi connectivity index (χ1) is 25.7. The van der Waals surface area contributed by atoms with Crippen LogP contribution in [0.3, 0.4) is 0 Å². The van der Waals surface area contributed by atoms with Crippen molar-refractivity contribution in [1.82, 2.24) is 39.5 Å². The summed E-state index contributed by atoms with van der Waals surface area (Å²) in [6, 6.07) is 4.95. The number of hydrogen-bond acceptors (Lipinski definition) is 11. The first-order valence-electron chi connectivity index (χ1n) is 17.4. The van der Waals surface area contributed by atoms with Crippen LogP contribution in [0, 0.1) is 29.4 Å². The van der Waals surface area contributed by atoms with Crippen molar-refractivity contribution in [2.24, 2.45) is 5.41 Å². The van der Waals surface area contributed by atoms with Gasteiger partial charge in [0.2, 0.25) is 0 Å². The lowest BCUT2D eigenvalue weighted by molar-refractivity contribution is -0.0261. The van der Waals surface area contributed by atoms with E-state index in [-0.39, 0.29) is 57.5 Å². The van der Waals surface area contributed by atoms with Gasteiger partial charge in [-0.15, -0.1) is 6.42 Å². The third-order valence-electron chi connectivity index (χ3n) is 11.0. The SMILES string of the molecule is C#Cc1c(F)ccc2cc(O)cc(-c3ncc4c(N5CCOCC6(CN(C(=O)n7cncn7)C6)C5)nc(OC[C@@]56CCCN5C[C@H](F)C6)nc4c3F)c12. The molecule has 1 N–H and O–H groups in total. The number of pyridine rings is 1. The predicted octanol–water partition coefficient (Wildman–Crippen LogP) is 4.16. The minimum Gasteiger partial charge on any atom is -0.508 e. The predicted molar refractivity (Wildman–Crippen MR) is 186 cm³/mol. The van der Waals surface area contributed by atoms with E-state index in [0.717, 1.165) is 19.4 Å². The van der Waals surface area contributed by atoms with Crippen molar-refractivity contribution in [3.63, 3.8) is 0 Å². The first-order valence-corrected chi connectivity index (χ1v) is 17.4. The Bertz CT molecular complexity index is 2310. The smallest absolute Gasteiger partial charge is 0.346 e. The summed E-state index contributed by atoms with van der Waals surface area (Å²) in [6.45, 7) is 3.49. The maximum Gasteiger partial charge on any atom is 0.346 e. The highest BCUT2D eigenvalue weighted by atomic mass is 19.1. The molecule has 272 valence electrons. The average Bonchev–Trinajstić information content (AvgIpc) is 3.83. The molecule has 4 fully saturated rings. The van der Waals surface area contributed by atoms with E-state index in [9.17, 15) is 18.7 Å². The van der Waals surface area contributed by atoms with E-state index in [1.54, 1.807) is 4.90 Å². The van der Waals surface area contributed by atoms with Crippen molar-refractivity contribution < 1.29 is 32.5 Å². The van der Waals surface area contributed by atoms with Crippen LogP contribution in [0.5, 0.6) is 11.8 Å². The number of phenols is 1. The van der Waals surface area contributed by atoms with Crippen LogP contribution in [0.25, 0.3) is 32.9 Å². The van der Waals surface area contributed by atoms with Crippen molar-refractivity contribution in [2.75, 3.05) is 64.0 Å². The number of fused-ring (bicyclic) bond motifs is 3. The van der Waals surface area contributed by atoms with Crippen molar-refractivity contribution in [3.05, 3.63) is 60.3 Å². The average molecular weight is 726 g/mol. The highest BCUT2D eigenvalue weighted by molar-refractivity contribution is 6.03. The molecule has 0 aliphatic carbocycles. The van der Waals surface area contributed by atoms with Crippen LogP contribution in [0.4, 0.5) is 23.8 Å². The Labute approximate surface area is 301 Å². The first kappa shape index (κ1) is 33.3. The summed E-state index contributed by atoms with van der Waals surface area (Å²) in [4.78, 5) is 36.4. The molecule has 1 spiro atoms. The Hall–Kier alpha value is -5.53. The van der Waals surface area contributed by atoms with Gasteiger partial charge in [0.05, 0.1) is 29.7 Å². The fourth-order valence-electron chi connectivity index (χ4n) is 8.63. The van der Waals surface area contributed by atoms with Crippen LogP contribution in [-0.2, 0) is 4.74 Å². The number of carbonyl (C=O) groups excluding carboxylic acids is 1. The van der Waals surface area contributed by atoms with Gasteiger partial charge in [0.25, 0.3) is 0 Å². The second-order valence-corrected chi connectivity index (χ2v) is 14.5. The summed E-state index contributed by atoms with van der Waals surface area (Å²) in [5.74, 6) is 0.990. The van der Waals surface area contributed by atoms with Gasteiger partial charge >= 0.3 is 12.0 Å². The quantitative estimate of drug-likeness (QED) is 0.262. The number of aromatic nitrogens is 6. The number of ether oxygens (including phenoxy) is 2. The van der Waals surface area contributed by atoms with Gasteiger partial charge in [0.15, 0.2) is 5.82 Å². The lowest BCUT2D eigenvalue weighted by atomic mass is 9.80. The van der Waals surface area contributed by atoms with Crippen molar-refractivity contribution >= 4 is 33.5 Å². The Balaban J connectivity index is 1.14. The minimum atomic E-state index is -0.973. The number of anilines is 1. The second-order valence-electron chi connectivity index (χ2n) is 14.5. The number of terminal acetylenes is 1. The van der Waals surface area contributed by atoms with Crippen molar-refractivity contribution in [3.8, 4) is 35.4 Å². The van der Waals surface area contributed by atoms with Crippen LogP contribution in [0.1, 0.15) is 24.8 Å². The van der Waals surface area contributed by atoms with Gasteiger partial charge in [-0.3, -0.25) is 9.88 Å². The van der Waals surface area contributed by atoms with Crippen LogP contribution in [0.15, 0.2) is 43.1 Å². The number of amides is 1. The molecule has 13 nitrogen and oxygen atoms in total. The molecular formula is C37H34F3N9O4. The molecule has 3 aromatic heterocycles. The normalized spacial score (nSPS) is 22.6. The van der Waals surface area contributed by atoms with E-state index in [1.807, 2.05) is 4.90 Å². The highest BCUT2D eigenvalue weighted by Gasteiger charge is 2.50. The number of benzene rings is 2. The third-order valence-corrected chi connectivity index (χ3v) is 11.0. The number of alkyl halides is 1. The zero-order valence-corrected chi connectivity index (χ0v) is 28.5. The van der Waals surface area contributed by atoms with E-state index in [0.29, 0.717) is 63.6 Å². The maximum atomic E-state index is 17.1. The second kappa shape index (κ2) is 12.6. The van der Waals surface area contributed by atoms with Crippen LogP contribution in [0.2, 0.25) is 0 Å². The number of halogens is 3. The monoisotopic (exact) mass is 725 g/mol. The van der Waals surface area contributed by atoms with E-state index in [2.05, 4.69) is 30.9 Å². The standard InChI is InChI=1S/C37H34F3N9O4/c1-2-25-28(39)5-4-22-10-24(50)11-26(29(22)25)31-30(40)32-27(13-42-31)33(45-34(44-32)53-19-37-6-3-7-48(37)14-23(38)12-37)46-8-9-52-18-36(15-46)16-47(17-36)35(51)49-21-41-20-43-49/h1,4-5,10-11,13,20-21,23,50H,3,6-9,12,14-19H2/t23-,37+/m1/s1. The molecule has 4 saturated heterocycles. The van der Waals surface area contributed by atoms with E-state index in [4.69, 9.17) is 20.9 Å². The van der Waals surface area contributed by atoms with Gasteiger partial charge in [-0.25, -0.2) is 22.9 Å². The van der Waals surface area contributed by atoms with Gasteiger partial charge in [-0.1, -0.05) is 12.0 Å². The number of nitrogens with zero attached hydrogens (tertiary/aromatic N) is 9. The number of carbonyl (C=O) groups is 1. The van der Waals surface area contributed by atoms with Gasteiger partial charge in [0, 0.05) is 61.7 Å². The van der Waals surface area contributed by atoms with Crippen LogP contribution in [-0.4, -0.2) is 121 Å². The summed E-state index contributed by atoms with van der Waals surface area (Å²) in [5.41, 5.74) is -1.30. The molecule has 7 heterocycles. The van der Waals surface area contributed by atoms with Crippen molar-refractivity contribution in [1.29, 1.82) is 0 Å². The molecule has 53 heavy (non-hydrogen) atoms. The molecule has 2 atom stereocenters. The molecular weight excluding hydrogens is 691 g/mol. The van der Waals surface area contributed by atoms with Gasteiger partial charge < -0.3 is 24.4 Å². The van der Waals surface area contributed by atoms with Gasteiger partial charge in [-0.05, 0) is 43.0 Å². The molecule has 4 aliphatic heterocycles. The molecule has 0 unspecified atom stereocenters. The number of phenolic OH excluding ortho intramolecular Hbond substituents is 1. The highest BCUT2D eigenvalue weighted by Crippen LogP contribution is 2.43. The number of hydrogen-bond donors (Lipinski definition) is 1.